The Morgan fingerprint density at radius 2 is 1.80 bits per heavy atom. The topological polar surface area (TPSA) is 89.1 Å². The van der Waals surface area contributed by atoms with Crippen LogP contribution in [0, 0.1) is 0 Å². The Labute approximate surface area is 146 Å². The SMILES string of the molecule is CCOC(=O)C1NN=C(/C(=N/N)c2ccccc2)C1c1ccccc1. The molecule has 2 unspecified atom stereocenters. The minimum atomic E-state index is -0.613. The van der Waals surface area contributed by atoms with Crippen LogP contribution in [0.3, 0.4) is 0 Å². The fourth-order valence-electron chi connectivity index (χ4n) is 2.96. The molecule has 0 fully saturated rings. The molecule has 0 spiro atoms. The Hall–Kier alpha value is -3.15. The van der Waals surface area contributed by atoms with Crippen LogP contribution in [0.4, 0.5) is 0 Å². The van der Waals surface area contributed by atoms with Crippen molar-refractivity contribution in [1.29, 1.82) is 0 Å². The second-order valence-electron chi connectivity index (χ2n) is 5.59. The summed E-state index contributed by atoms with van der Waals surface area (Å²) in [4.78, 5) is 12.4. The molecule has 1 heterocycles. The number of rotatable bonds is 5. The van der Waals surface area contributed by atoms with Crippen molar-refractivity contribution in [3.8, 4) is 0 Å². The predicted octanol–water partition coefficient (Wildman–Crippen LogP) is 2.02. The van der Waals surface area contributed by atoms with E-state index in [0.29, 0.717) is 18.0 Å². The Kier molecular flexibility index (Phi) is 5.09. The lowest BCUT2D eigenvalue weighted by molar-refractivity contribution is -0.145. The molecule has 1 aliphatic heterocycles. The summed E-state index contributed by atoms with van der Waals surface area (Å²) in [5.41, 5.74) is 5.86. The van der Waals surface area contributed by atoms with Gasteiger partial charge in [-0.05, 0) is 12.5 Å². The van der Waals surface area contributed by atoms with Crippen molar-refractivity contribution in [3.63, 3.8) is 0 Å². The zero-order valence-electron chi connectivity index (χ0n) is 13.9. The first-order valence-electron chi connectivity index (χ1n) is 8.14. The summed E-state index contributed by atoms with van der Waals surface area (Å²) in [5, 5.41) is 8.33. The second-order valence-corrected chi connectivity index (χ2v) is 5.59. The van der Waals surface area contributed by atoms with Crippen LogP contribution >= 0.6 is 0 Å². The molecular weight excluding hydrogens is 316 g/mol. The summed E-state index contributed by atoms with van der Waals surface area (Å²) in [5.74, 6) is 4.99. The van der Waals surface area contributed by atoms with Crippen LogP contribution in [0.1, 0.15) is 24.0 Å². The maximum atomic E-state index is 12.4. The molecule has 1 aliphatic rings. The summed E-state index contributed by atoms with van der Waals surface area (Å²) in [6.45, 7) is 2.09. The van der Waals surface area contributed by atoms with Crippen molar-refractivity contribution in [2.24, 2.45) is 16.0 Å². The van der Waals surface area contributed by atoms with Crippen LogP contribution in [-0.4, -0.2) is 30.0 Å². The number of nitrogens with one attached hydrogen (secondary N) is 1. The monoisotopic (exact) mass is 336 g/mol. The minimum Gasteiger partial charge on any atom is -0.464 e. The van der Waals surface area contributed by atoms with Crippen molar-refractivity contribution < 1.29 is 9.53 Å². The molecule has 0 radical (unpaired) electrons. The standard InChI is InChI=1S/C19H20N4O2/c1-2-25-19(24)18-15(13-9-5-3-6-10-13)17(22-23-18)16(21-20)14-11-7-4-8-12-14/h3-12,15,18,23H,2,20H2,1H3/b21-16+. The van der Waals surface area contributed by atoms with Crippen molar-refractivity contribution in [2.75, 3.05) is 6.61 Å². The molecule has 128 valence electrons. The van der Waals surface area contributed by atoms with Gasteiger partial charge in [-0.2, -0.15) is 10.2 Å². The van der Waals surface area contributed by atoms with Gasteiger partial charge in [0.2, 0.25) is 0 Å². The van der Waals surface area contributed by atoms with E-state index in [1.54, 1.807) is 6.92 Å². The zero-order valence-corrected chi connectivity index (χ0v) is 13.9. The first-order valence-corrected chi connectivity index (χ1v) is 8.14. The molecule has 6 nitrogen and oxygen atoms in total. The zero-order chi connectivity index (χ0) is 17.6. The van der Waals surface area contributed by atoms with Crippen LogP contribution in [0.5, 0.6) is 0 Å². The first-order chi connectivity index (χ1) is 12.3. The third kappa shape index (κ3) is 3.38. The molecular formula is C19H20N4O2. The van der Waals surface area contributed by atoms with Gasteiger partial charge in [0.25, 0.3) is 0 Å². The molecule has 2 aromatic rings. The smallest absolute Gasteiger partial charge is 0.331 e. The van der Waals surface area contributed by atoms with Gasteiger partial charge in [0.15, 0.2) is 6.04 Å². The van der Waals surface area contributed by atoms with Gasteiger partial charge in [-0.15, -0.1) is 0 Å². The van der Waals surface area contributed by atoms with E-state index in [2.05, 4.69) is 15.6 Å². The summed E-state index contributed by atoms with van der Waals surface area (Å²) < 4.78 is 5.20. The Morgan fingerprint density at radius 3 is 2.40 bits per heavy atom. The number of nitrogens with zero attached hydrogens (tertiary/aromatic N) is 2. The largest absolute Gasteiger partial charge is 0.464 e. The van der Waals surface area contributed by atoms with E-state index in [1.807, 2.05) is 60.7 Å². The lowest BCUT2D eigenvalue weighted by atomic mass is 9.85. The van der Waals surface area contributed by atoms with Crippen molar-refractivity contribution >= 4 is 17.4 Å². The summed E-state index contributed by atoms with van der Waals surface area (Å²) in [6.07, 6.45) is 0. The van der Waals surface area contributed by atoms with E-state index in [-0.39, 0.29) is 11.9 Å². The molecule has 2 atom stereocenters. The first kappa shape index (κ1) is 16.7. The minimum absolute atomic E-state index is 0.310. The van der Waals surface area contributed by atoms with Gasteiger partial charge >= 0.3 is 5.97 Å². The Balaban J connectivity index is 2.01. The average Bonchev–Trinajstić information content (AvgIpc) is 3.09. The molecule has 2 aromatic carbocycles. The summed E-state index contributed by atoms with van der Waals surface area (Å²) >= 11 is 0. The molecule has 0 saturated carbocycles. The molecule has 0 aromatic heterocycles. The van der Waals surface area contributed by atoms with Gasteiger partial charge in [-0.1, -0.05) is 60.7 Å². The fraction of sp³-hybridized carbons (Fsp3) is 0.211. The number of hydrazone groups is 2. The van der Waals surface area contributed by atoms with Crippen LogP contribution in [0.2, 0.25) is 0 Å². The van der Waals surface area contributed by atoms with Gasteiger partial charge in [0.05, 0.1) is 18.2 Å². The van der Waals surface area contributed by atoms with Gasteiger partial charge in [-0.3, -0.25) is 5.43 Å². The van der Waals surface area contributed by atoms with Crippen LogP contribution in [0.25, 0.3) is 0 Å². The molecule has 3 rings (SSSR count). The fourth-order valence-corrected chi connectivity index (χ4v) is 2.96. The Bertz CT molecular complexity index is 788. The second kappa shape index (κ2) is 7.61. The maximum absolute atomic E-state index is 12.4. The quantitative estimate of drug-likeness (QED) is 0.378. The number of benzene rings is 2. The number of nitrogens with two attached hydrogens (primary N) is 1. The third-order valence-electron chi connectivity index (χ3n) is 4.07. The number of carbonyl (C=O) groups excluding carboxylic acids is 1. The van der Waals surface area contributed by atoms with E-state index in [4.69, 9.17) is 10.6 Å². The highest BCUT2D eigenvalue weighted by Crippen LogP contribution is 2.28. The summed E-state index contributed by atoms with van der Waals surface area (Å²) in [6, 6.07) is 18.6. The highest BCUT2D eigenvalue weighted by atomic mass is 16.5. The van der Waals surface area contributed by atoms with E-state index >= 15 is 0 Å². The number of carbonyl (C=O) groups is 1. The van der Waals surface area contributed by atoms with E-state index in [9.17, 15) is 4.79 Å². The van der Waals surface area contributed by atoms with Gasteiger partial charge in [0, 0.05) is 5.56 Å². The van der Waals surface area contributed by atoms with Crippen molar-refractivity contribution in [3.05, 3.63) is 71.8 Å². The highest BCUT2D eigenvalue weighted by molar-refractivity contribution is 6.50. The number of hydrogen-bond donors (Lipinski definition) is 2. The Morgan fingerprint density at radius 1 is 1.16 bits per heavy atom. The maximum Gasteiger partial charge on any atom is 0.331 e. The molecule has 3 N–H and O–H groups in total. The molecule has 0 amide bonds. The van der Waals surface area contributed by atoms with E-state index < -0.39 is 6.04 Å². The molecule has 6 heteroatoms. The number of esters is 1. The van der Waals surface area contributed by atoms with Crippen molar-refractivity contribution in [1.82, 2.24) is 5.43 Å². The van der Waals surface area contributed by atoms with Crippen molar-refractivity contribution in [2.45, 2.75) is 18.9 Å². The molecule has 0 aliphatic carbocycles. The van der Waals surface area contributed by atoms with Gasteiger partial charge < -0.3 is 10.6 Å². The van der Waals surface area contributed by atoms with E-state index in [0.717, 1.165) is 11.1 Å². The third-order valence-corrected chi connectivity index (χ3v) is 4.07. The number of ether oxygens (including phenoxy) is 1. The van der Waals surface area contributed by atoms with Gasteiger partial charge in [0.1, 0.15) is 5.71 Å². The predicted molar refractivity (Wildman–Crippen MR) is 97.3 cm³/mol. The lowest BCUT2D eigenvalue weighted by Gasteiger charge is -2.20. The molecule has 25 heavy (non-hydrogen) atoms. The van der Waals surface area contributed by atoms with Crippen LogP contribution < -0.4 is 11.3 Å². The molecule has 0 saturated heterocycles. The van der Waals surface area contributed by atoms with Gasteiger partial charge in [-0.25, -0.2) is 4.79 Å². The molecule has 0 bridgehead atoms. The summed E-state index contributed by atoms with van der Waals surface area (Å²) in [7, 11) is 0. The van der Waals surface area contributed by atoms with Crippen LogP contribution in [0.15, 0.2) is 70.9 Å². The normalized spacial score (nSPS) is 19.9. The van der Waals surface area contributed by atoms with E-state index in [1.165, 1.54) is 0 Å². The highest BCUT2D eigenvalue weighted by Gasteiger charge is 2.41. The number of hydrogen-bond acceptors (Lipinski definition) is 6. The lowest BCUT2D eigenvalue weighted by Crippen LogP contribution is -2.39. The van der Waals surface area contributed by atoms with Crippen LogP contribution in [-0.2, 0) is 9.53 Å². The average molecular weight is 336 g/mol.